The molecule has 3 rings (SSSR count). The summed E-state index contributed by atoms with van der Waals surface area (Å²) in [5, 5.41) is 3.50. The van der Waals surface area contributed by atoms with E-state index in [4.69, 9.17) is 4.74 Å². The lowest BCUT2D eigenvalue weighted by molar-refractivity contribution is 0.201. The summed E-state index contributed by atoms with van der Waals surface area (Å²) in [6, 6.07) is 16.8. The maximum Gasteiger partial charge on any atom is 0.133 e. The molecule has 3 heteroatoms. The number of fused-ring (bicyclic) bond motifs is 1. The SMILES string of the molecule is CSc1ccccc1OC1CCc2ccccc2NC1. The number of para-hydroxylation sites is 2. The molecule has 1 aliphatic rings. The summed E-state index contributed by atoms with van der Waals surface area (Å²) in [7, 11) is 0. The first-order chi connectivity index (χ1) is 9.86. The van der Waals surface area contributed by atoms with Crippen LogP contribution in [-0.4, -0.2) is 18.9 Å². The third kappa shape index (κ3) is 2.93. The van der Waals surface area contributed by atoms with Gasteiger partial charge < -0.3 is 10.1 Å². The molecule has 0 radical (unpaired) electrons. The standard InChI is InChI=1S/C17H19NOS/c1-20-17-9-5-4-8-16(17)19-14-11-10-13-6-2-3-7-15(13)18-12-14/h2-9,14,18H,10-12H2,1H3. The van der Waals surface area contributed by atoms with Crippen LogP contribution in [0.2, 0.25) is 0 Å². The largest absolute Gasteiger partial charge is 0.487 e. The molecule has 20 heavy (non-hydrogen) atoms. The van der Waals surface area contributed by atoms with Crippen molar-refractivity contribution in [2.45, 2.75) is 23.8 Å². The third-order valence-electron chi connectivity index (χ3n) is 3.64. The quantitative estimate of drug-likeness (QED) is 0.853. The molecule has 0 saturated carbocycles. The summed E-state index contributed by atoms with van der Waals surface area (Å²) in [5.74, 6) is 0.998. The van der Waals surface area contributed by atoms with E-state index in [2.05, 4.69) is 54.0 Å². The fourth-order valence-corrected chi connectivity index (χ4v) is 3.08. The smallest absolute Gasteiger partial charge is 0.133 e. The molecule has 0 aromatic heterocycles. The van der Waals surface area contributed by atoms with E-state index in [-0.39, 0.29) is 6.10 Å². The van der Waals surface area contributed by atoms with Crippen LogP contribution in [0.15, 0.2) is 53.4 Å². The van der Waals surface area contributed by atoms with E-state index >= 15 is 0 Å². The number of thioether (sulfide) groups is 1. The lowest BCUT2D eigenvalue weighted by Crippen LogP contribution is -2.25. The van der Waals surface area contributed by atoms with Gasteiger partial charge in [-0.2, -0.15) is 0 Å². The Hall–Kier alpha value is -1.61. The van der Waals surface area contributed by atoms with Crippen LogP contribution in [0, 0.1) is 0 Å². The molecule has 1 aliphatic heterocycles. The Morgan fingerprint density at radius 3 is 2.80 bits per heavy atom. The molecule has 0 spiro atoms. The number of rotatable bonds is 3. The molecule has 2 aromatic rings. The van der Waals surface area contributed by atoms with Crippen molar-refractivity contribution in [2.75, 3.05) is 18.1 Å². The minimum atomic E-state index is 0.218. The van der Waals surface area contributed by atoms with E-state index in [1.165, 1.54) is 16.1 Å². The molecule has 0 fully saturated rings. The lowest BCUT2D eigenvalue weighted by Gasteiger charge is -2.19. The zero-order valence-corrected chi connectivity index (χ0v) is 12.5. The second kappa shape index (κ2) is 6.23. The topological polar surface area (TPSA) is 21.3 Å². The predicted octanol–water partition coefficient (Wildman–Crippen LogP) is 4.21. The van der Waals surface area contributed by atoms with Crippen LogP contribution in [-0.2, 0) is 6.42 Å². The van der Waals surface area contributed by atoms with Gasteiger partial charge in [-0.25, -0.2) is 0 Å². The van der Waals surface area contributed by atoms with E-state index < -0.39 is 0 Å². The summed E-state index contributed by atoms with van der Waals surface area (Å²) >= 11 is 1.73. The van der Waals surface area contributed by atoms with Crippen LogP contribution in [0.5, 0.6) is 5.75 Å². The van der Waals surface area contributed by atoms with E-state index in [0.29, 0.717) is 0 Å². The van der Waals surface area contributed by atoms with Gasteiger partial charge in [-0.15, -0.1) is 11.8 Å². The van der Waals surface area contributed by atoms with Gasteiger partial charge in [-0.3, -0.25) is 0 Å². The van der Waals surface area contributed by atoms with Crippen molar-refractivity contribution in [2.24, 2.45) is 0 Å². The van der Waals surface area contributed by atoms with Crippen LogP contribution in [0.4, 0.5) is 5.69 Å². The van der Waals surface area contributed by atoms with Crippen molar-refractivity contribution < 1.29 is 4.74 Å². The monoisotopic (exact) mass is 285 g/mol. The Morgan fingerprint density at radius 2 is 1.90 bits per heavy atom. The van der Waals surface area contributed by atoms with Crippen LogP contribution >= 0.6 is 11.8 Å². The van der Waals surface area contributed by atoms with E-state index in [9.17, 15) is 0 Å². The van der Waals surface area contributed by atoms with Crippen molar-refractivity contribution in [1.29, 1.82) is 0 Å². The van der Waals surface area contributed by atoms with Gasteiger partial charge in [0.05, 0.1) is 6.54 Å². The molecule has 2 aromatic carbocycles. The van der Waals surface area contributed by atoms with Gasteiger partial charge in [0.1, 0.15) is 11.9 Å². The first-order valence-electron chi connectivity index (χ1n) is 6.98. The second-order valence-electron chi connectivity index (χ2n) is 4.97. The Bertz CT molecular complexity index is 558. The number of aryl methyl sites for hydroxylation is 1. The Balaban J connectivity index is 1.71. The molecular weight excluding hydrogens is 266 g/mol. The Morgan fingerprint density at radius 1 is 1.10 bits per heavy atom. The van der Waals surface area contributed by atoms with Gasteiger partial charge in [0.15, 0.2) is 0 Å². The summed E-state index contributed by atoms with van der Waals surface area (Å²) in [4.78, 5) is 1.20. The number of nitrogens with one attached hydrogen (secondary N) is 1. The fourth-order valence-electron chi connectivity index (χ4n) is 2.55. The van der Waals surface area contributed by atoms with E-state index in [0.717, 1.165) is 25.1 Å². The third-order valence-corrected chi connectivity index (χ3v) is 4.41. The highest BCUT2D eigenvalue weighted by Gasteiger charge is 2.17. The lowest BCUT2D eigenvalue weighted by atomic mass is 10.1. The van der Waals surface area contributed by atoms with Gasteiger partial charge in [0.2, 0.25) is 0 Å². The average molecular weight is 285 g/mol. The Kier molecular flexibility index (Phi) is 4.16. The van der Waals surface area contributed by atoms with Crippen molar-refractivity contribution in [3.05, 3.63) is 54.1 Å². The van der Waals surface area contributed by atoms with Crippen molar-refractivity contribution in [3.8, 4) is 5.75 Å². The molecule has 1 unspecified atom stereocenters. The van der Waals surface area contributed by atoms with Crippen LogP contribution < -0.4 is 10.1 Å². The molecule has 1 heterocycles. The van der Waals surface area contributed by atoms with Crippen molar-refractivity contribution >= 4 is 17.4 Å². The highest BCUT2D eigenvalue weighted by molar-refractivity contribution is 7.98. The molecular formula is C17H19NOS. The molecule has 2 nitrogen and oxygen atoms in total. The van der Waals surface area contributed by atoms with Crippen LogP contribution in [0.3, 0.4) is 0 Å². The molecule has 0 aliphatic carbocycles. The van der Waals surface area contributed by atoms with Crippen LogP contribution in [0.25, 0.3) is 0 Å². The molecule has 1 N–H and O–H groups in total. The maximum absolute atomic E-state index is 6.21. The second-order valence-corrected chi connectivity index (χ2v) is 5.82. The fraction of sp³-hybridized carbons (Fsp3) is 0.294. The molecule has 104 valence electrons. The van der Waals surface area contributed by atoms with Gasteiger partial charge >= 0.3 is 0 Å². The number of hydrogen-bond acceptors (Lipinski definition) is 3. The number of benzene rings is 2. The van der Waals surface area contributed by atoms with Crippen molar-refractivity contribution in [1.82, 2.24) is 0 Å². The number of hydrogen-bond donors (Lipinski definition) is 1. The predicted molar refractivity (Wildman–Crippen MR) is 85.9 cm³/mol. The Labute approximate surface area is 124 Å². The zero-order chi connectivity index (χ0) is 13.8. The van der Waals surface area contributed by atoms with E-state index in [1.807, 2.05) is 6.07 Å². The zero-order valence-electron chi connectivity index (χ0n) is 11.6. The first kappa shape index (κ1) is 13.4. The molecule has 0 amide bonds. The van der Waals surface area contributed by atoms with Gasteiger partial charge in [-0.1, -0.05) is 30.3 Å². The highest BCUT2D eigenvalue weighted by atomic mass is 32.2. The summed E-state index contributed by atoms with van der Waals surface area (Å²) in [5.41, 5.74) is 2.63. The van der Waals surface area contributed by atoms with Gasteiger partial charge in [0, 0.05) is 10.6 Å². The summed E-state index contributed by atoms with van der Waals surface area (Å²) in [6.45, 7) is 0.861. The normalized spacial score (nSPS) is 17.8. The van der Waals surface area contributed by atoms with Gasteiger partial charge in [-0.05, 0) is 42.9 Å². The summed E-state index contributed by atoms with van der Waals surface area (Å²) < 4.78 is 6.21. The minimum Gasteiger partial charge on any atom is -0.487 e. The molecule has 0 bridgehead atoms. The van der Waals surface area contributed by atoms with Crippen LogP contribution in [0.1, 0.15) is 12.0 Å². The van der Waals surface area contributed by atoms with Gasteiger partial charge in [0.25, 0.3) is 0 Å². The summed E-state index contributed by atoms with van der Waals surface area (Å²) in [6.07, 6.45) is 4.42. The highest BCUT2D eigenvalue weighted by Crippen LogP contribution is 2.29. The maximum atomic E-state index is 6.21. The average Bonchev–Trinajstić information content (AvgIpc) is 2.71. The number of ether oxygens (including phenoxy) is 1. The first-order valence-corrected chi connectivity index (χ1v) is 8.21. The molecule has 1 atom stereocenters. The minimum absolute atomic E-state index is 0.218. The van der Waals surface area contributed by atoms with Crippen molar-refractivity contribution in [3.63, 3.8) is 0 Å². The molecule has 0 saturated heterocycles. The van der Waals surface area contributed by atoms with E-state index in [1.54, 1.807) is 11.8 Å². The number of anilines is 1.